The number of hydrogen-bond donors (Lipinski definition) is 2. The number of amides is 1. The average Bonchev–Trinajstić information content (AvgIpc) is 2.72. The predicted octanol–water partition coefficient (Wildman–Crippen LogP) is 2.74. The van der Waals surface area contributed by atoms with Crippen LogP contribution < -0.4 is 20.4 Å². The normalized spacial score (nSPS) is 12.7. The molecule has 9 heteroatoms. The van der Waals surface area contributed by atoms with E-state index in [1.807, 2.05) is 0 Å². The molecule has 1 atom stereocenters. The first-order valence-electron chi connectivity index (χ1n) is 9.21. The van der Waals surface area contributed by atoms with Gasteiger partial charge in [0.05, 0.1) is 12.0 Å². The molecule has 0 radical (unpaired) electrons. The Morgan fingerprint density at radius 3 is 2.37 bits per heavy atom. The summed E-state index contributed by atoms with van der Waals surface area (Å²) in [6, 6.07) is 12.6. The van der Waals surface area contributed by atoms with Crippen LogP contribution in [0.15, 0.2) is 68.7 Å². The van der Waals surface area contributed by atoms with Crippen molar-refractivity contribution in [2.75, 3.05) is 12.4 Å². The van der Waals surface area contributed by atoms with E-state index in [1.54, 1.807) is 38.1 Å². The third-order valence-electron chi connectivity index (χ3n) is 4.49. The highest BCUT2D eigenvalue weighted by atomic mass is 32.2. The maximum atomic E-state index is 12.8. The van der Waals surface area contributed by atoms with E-state index in [1.165, 1.54) is 37.4 Å². The molecule has 0 fully saturated rings. The standard InChI is InChI=1S/C21H22N2O6S/c1-13(2)20(23-30(26,27)17-8-6-16(28-3)7-9-17)21(25)22-15-5-10-18-14(12-15)4-11-19(24)29-18/h4-13,20,23H,1-3H3,(H,22,25)/t20-/m0/s1. The molecule has 0 spiro atoms. The lowest BCUT2D eigenvalue weighted by atomic mass is 10.0. The van der Waals surface area contributed by atoms with Gasteiger partial charge in [0.25, 0.3) is 0 Å². The van der Waals surface area contributed by atoms with Crippen LogP contribution in [0.5, 0.6) is 5.75 Å². The molecule has 1 heterocycles. The second-order valence-electron chi connectivity index (χ2n) is 7.01. The van der Waals surface area contributed by atoms with E-state index in [-0.39, 0.29) is 10.8 Å². The summed E-state index contributed by atoms with van der Waals surface area (Å²) in [4.78, 5) is 24.1. The zero-order valence-corrected chi connectivity index (χ0v) is 17.5. The van der Waals surface area contributed by atoms with Crippen molar-refractivity contribution in [2.24, 2.45) is 5.92 Å². The van der Waals surface area contributed by atoms with Crippen molar-refractivity contribution in [2.45, 2.75) is 24.8 Å². The average molecular weight is 430 g/mol. The van der Waals surface area contributed by atoms with Gasteiger partial charge in [0, 0.05) is 17.1 Å². The van der Waals surface area contributed by atoms with Crippen LogP contribution in [0, 0.1) is 5.92 Å². The summed E-state index contributed by atoms with van der Waals surface area (Å²) in [5.74, 6) is -0.283. The molecule has 0 saturated heterocycles. The van der Waals surface area contributed by atoms with Crippen molar-refractivity contribution < 1.29 is 22.4 Å². The van der Waals surface area contributed by atoms with Crippen LogP contribution in [0.25, 0.3) is 11.0 Å². The summed E-state index contributed by atoms with van der Waals surface area (Å²) in [6.45, 7) is 3.49. The van der Waals surface area contributed by atoms with Crippen LogP contribution in [0.1, 0.15) is 13.8 Å². The number of nitrogens with one attached hydrogen (secondary N) is 2. The number of hydrogen-bond acceptors (Lipinski definition) is 6. The molecule has 8 nitrogen and oxygen atoms in total. The van der Waals surface area contributed by atoms with Gasteiger partial charge in [-0.2, -0.15) is 4.72 Å². The molecule has 1 amide bonds. The number of carbonyl (C=O) groups is 1. The fraction of sp³-hybridized carbons (Fsp3) is 0.238. The fourth-order valence-corrected chi connectivity index (χ4v) is 4.20. The van der Waals surface area contributed by atoms with Crippen LogP contribution >= 0.6 is 0 Å². The van der Waals surface area contributed by atoms with Gasteiger partial charge in [-0.15, -0.1) is 0 Å². The van der Waals surface area contributed by atoms with Gasteiger partial charge in [0.2, 0.25) is 15.9 Å². The lowest BCUT2D eigenvalue weighted by Gasteiger charge is -2.22. The van der Waals surface area contributed by atoms with Crippen LogP contribution in [0.3, 0.4) is 0 Å². The Hall–Kier alpha value is -3.17. The van der Waals surface area contributed by atoms with Crippen molar-refractivity contribution in [3.8, 4) is 5.75 Å². The molecule has 0 aliphatic rings. The molecule has 0 aliphatic carbocycles. The molecule has 2 aromatic carbocycles. The SMILES string of the molecule is COc1ccc(S(=O)(=O)N[C@H](C(=O)Nc2ccc3oc(=O)ccc3c2)C(C)C)cc1. The number of fused-ring (bicyclic) bond motifs is 1. The van der Waals surface area contributed by atoms with Gasteiger partial charge in [-0.05, 0) is 54.4 Å². The van der Waals surface area contributed by atoms with E-state index >= 15 is 0 Å². The van der Waals surface area contributed by atoms with Crippen LogP contribution in [-0.4, -0.2) is 27.5 Å². The first kappa shape index (κ1) is 21.5. The second-order valence-corrected chi connectivity index (χ2v) is 8.73. The highest BCUT2D eigenvalue weighted by molar-refractivity contribution is 7.89. The molecule has 158 valence electrons. The summed E-state index contributed by atoms with van der Waals surface area (Å²) >= 11 is 0. The largest absolute Gasteiger partial charge is 0.497 e. The number of methoxy groups -OCH3 is 1. The molecule has 2 N–H and O–H groups in total. The molecule has 1 aromatic heterocycles. The Balaban J connectivity index is 1.80. The first-order chi connectivity index (χ1) is 14.2. The van der Waals surface area contributed by atoms with Crippen molar-refractivity contribution in [1.82, 2.24) is 4.72 Å². The highest BCUT2D eigenvalue weighted by Gasteiger charge is 2.28. The zero-order valence-electron chi connectivity index (χ0n) is 16.7. The first-order valence-corrected chi connectivity index (χ1v) is 10.7. The highest BCUT2D eigenvalue weighted by Crippen LogP contribution is 2.20. The topological polar surface area (TPSA) is 115 Å². The second kappa shape index (κ2) is 8.68. The van der Waals surface area contributed by atoms with Gasteiger partial charge in [-0.25, -0.2) is 13.2 Å². The number of anilines is 1. The smallest absolute Gasteiger partial charge is 0.336 e. The Kier molecular flexibility index (Phi) is 6.23. The molecular formula is C21H22N2O6S. The number of benzene rings is 2. The Labute approximate surface area is 173 Å². The van der Waals surface area contributed by atoms with Crippen molar-refractivity contribution in [3.05, 3.63) is 65.0 Å². The van der Waals surface area contributed by atoms with E-state index in [2.05, 4.69) is 10.0 Å². The Morgan fingerprint density at radius 1 is 1.03 bits per heavy atom. The third-order valence-corrected chi connectivity index (χ3v) is 5.94. The maximum absolute atomic E-state index is 12.8. The van der Waals surface area contributed by atoms with E-state index in [0.717, 1.165) is 0 Å². The lowest BCUT2D eigenvalue weighted by molar-refractivity contribution is -0.118. The van der Waals surface area contributed by atoms with Crippen LogP contribution in [0.4, 0.5) is 5.69 Å². The molecule has 3 aromatic rings. The summed E-state index contributed by atoms with van der Waals surface area (Å²) in [7, 11) is -2.43. The Bertz CT molecular complexity index is 1220. The van der Waals surface area contributed by atoms with E-state index < -0.39 is 27.6 Å². The number of sulfonamides is 1. The minimum Gasteiger partial charge on any atom is -0.497 e. The monoisotopic (exact) mass is 430 g/mol. The van der Waals surface area contributed by atoms with E-state index in [0.29, 0.717) is 22.4 Å². The quantitative estimate of drug-likeness (QED) is 0.557. The molecule has 0 saturated carbocycles. The molecule has 3 rings (SSSR count). The van der Waals surface area contributed by atoms with Gasteiger partial charge >= 0.3 is 5.63 Å². The molecule has 30 heavy (non-hydrogen) atoms. The molecule has 0 unspecified atom stereocenters. The van der Waals surface area contributed by atoms with Gasteiger partial charge in [-0.1, -0.05) is 13.8 Å². The number of rotatable bonds is 7. The van der Waals surface area contributed by atoms with Gasteiger partial charge in [0.15, 0.2) is 0 Å². The minimum absolute atomic E-state index is 0.0301. The zero-order chi connectivity index (χ0) is 21.9. The number of carbonyl (C=O) groups excluding carboxylic acids is 1. The predicted molar refractivity (Wildman–Crippen MR) is 113 cm³/mol. The summed E-state index contributed by atoms with van der Waals surface area (Å²) in [6.07, 6.45) is 0. The maximum Gasteiger partial charge on any atom is 0.336 e. The van der Waals surface area contributed by atoms with Crippen LogP contribution in [0.2, 0.25) is 0 Å². The van der Waals surface area contributed by atoms with Gasteiger partial charge < -0.3 is 14.5 Å². The fourth-order valence-electron chi connectivity index (χ4n) is 2.85. The minimum atomic E-state index is -3.92. The van der Waals surface area contributed by atoms with Crippen molar-refractivity contribution in [3.63, 3.8) is 0 Å². The van der Waals surface area contributed by atoms with Gasteiger partial charge in [0.1, 0.15) is 17.4 Å². The molecule has 0 aliphatic heterocycles. The van der Waals surface area contributed by atoms with E-state index in [4.69, 9.17) is 9.15 Å². The van der Waals surface area contributed by atoms with Gasteiger partial charge in [-0.3, -0.25) is 4.79 Å². The van der Waals surface area contributed by atoms with Crippen LogP contribution in [-0.2, 0) is 14.8 Å². The Morgan fingerprint density at radius 2 is 1.73 bits per heavy atom. The summed E-state index contributed by atoms with van der Waals surface area (Å²) in [5.41, 5.74) is 0.379. The molecular weight excluding hydrogens is 408 g/mol. The van der Waals surface area contributed by atoms with Crippen molar-refractivity contribution >= 4 is 32.6 Å². The lowest BCUT2D eigenvalue weighted by Crippen LogP contribution is -2.47. The summed E-state index contributed by atoms with van der Waals surface area (Å²) < 4.78 is 38.1. The van der Waals surface area contributed by atoms with E-state index in [9.17, 15) is 18.0 Å². The summed E-state index contributed by atoms with van der Waals surface area (Å²) in [5, 5.41) is 3.35. The third kappa shape index (κ3) is 4.87. The van der Waals surface area contributed by atoms with Crippen molar-refractivity contribution in [1.29, 1.82) is 0 Å². The molecule has 0 bridgehead atoms. The number of ether oxygens (including phenoxy) is 1.